The lowest BCUT2D eigenvalue weighted by Crippen LogP contribution is -2.42. The van der Waals surface area contributed by atoms with E-state index in [2.05, 4.69) is 10.3 Å². The van der Waals surface area contributed by atoms with Gasteiger partial charge < -0.3 is 15.0 Å². The fourth-order valence-electron chi connectivity index (χ4n) is 4.10. The Kier molecular flexibility index (Phi) is 4.50. The predicted octanol–water partition coefficient (Wildman–Crippen LogP) is 1.47. The maximum Gasteiger partial charge on any atom is 0.344 e. The Bertz CT molecular complexity index is 654. The molecule has 2 saturated carbocycles. The number of ether oxygens (including phenoxy) is 1. The van der Waals surface area contributed by atoms with Gasteiger partial charge in [-0.3, -0.25) is 9.59 Å². The normalized spacial score (nSPS) is 26.7. The molecule has 0 saturated heterocycles. The van der Waals surface area contributed by atoms with Crippen molar-refractivity contribution in [3.05, 3.63) is 34.2 Å². The van der Waals surface area contributed by atoms with Crippen molar-refractivity contribution in [3.8, 4) is 0 Å². The van der Waals surface area contributed by atoms with E-state index < -0.39 is 11.5 Å². The maximum atomic E-state index is 12.0. The summed E-state index contributed by atoms with van der Waals surface area (Å²) in [4.78, 5) is 37.6. The van der Waals surface area contributed by atoms with E-state index in [4.69, 9.17) is 4.74 Å². The zero-order valence-corrected chi connectivity index (χ0v) is 13.2. The first kappa shape index (κ1) is 15.8. The van der Waals surface area contributed by atoms with Gasteiger partial charge in [-0.25, -0.2) is 4.79 Å². The fraction of sp³-hybridized carbons (Fsp3) is 0.588. The molecule has 0 unspecified atom stereocenters. The van der Waals surface area contributed by atoms with Gasteiger partial charge in [0.15, 0.2) is 6.61 Å². The molecule has 1 heterocycles. The monoisotopic (exact) mass is 318 g/mol. The van der Waals surface area contributed by atoms with Crippen LogP contribution >= 0.6 is 0 Å². The summed E-state index contributed by atoms with van der Waals surface area (Å²) >= 11 is 0. The number of H-pyrrole nitrogens is 1. The molecule has 0 aromatic carbocycles. The first-order chi connectivity index (χ1) is 11.0. The van der Waals surface area contributed by atoms with E-state index >= 15 is 0 Å². The average molecular weight is 318 g/mol. The Balaban J connectivity index is 1.47. The van der Waals surface area contributed by atoms with Gasteiger partial charge in [0.1, 0.15) is 5.56 Å². The van der Waals surface area contributed by atoms with E-state index in [1.54, 1.807) is 0 Å². The molecule has 6 heteroatoms. The third-order valence-corrected chi connectivity index (χ3v) is 5.20. The lowest BCUT2D eigenvalue weighted by molar-refractivity contribution is -0.125. The third kappa shape index (κ3) is 3.46. The number of aromatic nitrogens is 1. The standard InChI is InChI=1S/C17H22N2O4/c1-10(14-8-11-4-5-12(14)7-11)19-15(20)9-23-17(22)13-3-2-6-18-16(13)21/h2-3,6,10-12,14H,4-5,7-9H2,1H3,(H,18,21)(H,19,20)/t10-,11-,12-,14-/m0/s1. The van der Waals surface area contributed by atoms with Crippen LogP contribution in [0.5, 0.6) is 0 Å². The Morgan fingerprint density at radius 3 is 2.87 bits per heavy atom. The summed E-state index contributed by atoms with van der Waals surface area (Å²) in [6, 6.07) is 3.00. The van der Waals surface area contributed by atoms with Crippen molar-refractivity contribution in [1.82, 2.24) is 10.3 Å². The van der Waals surface area contributed by atoms with Crippen molar-refractivity contribution >= 4 is 11.9 Å². The molecule has 2 aliphatic rings. The van der Waals surface area contributed by atoms with Gasteiger partial charge in [-0.2, -0.15) is 0 Å². The molecule has 6 nitrogen and oxygen atoms in total. The molecule has 2 bridgehead atoms. The Morgan fingerprint density at radius 2 is 2.22 bits per heavy atom. The van der Waals surface area contributed by atoms with Crippen molar-refractivity contribution in [1.29, 1.82) is 0 Å². The number of hydrogen-bond acceptors (Lipinski definition) is 4. The number of carbonyl (C=O) groups excluding carboxylic acids is 2. The molecule has 3 rings (SSSR count). The van der Waals surface area contributed by atoms with E-state index in [0.717, 1.165) is 11.8 Å². The lowest BCUT2D eigenvalue weighted by Gasteiger charge is -2.28. The second-order valence-corrected chi connectivity index (χ2v) is 6.68. The first-order valence-corrected chi connectivity index (χ1v) is 8.18. The minimum atomic E-state index is -0.783. The van der Waals surface area contributed by atoms with Crippen LogP contribution in [0.1, 0.15) is 43.0 Å². The number of fused-ring (bicyclic) bond motifs is 2. The third-order valence-electron chi connectivity index (χ3n) is 5.20. The molecule has 124 valence electrons. The quantitative estimate of drug-likeness (QED) is 0.805. The van der Waals surface area contributed by atoms with E-state index in [9.17, 15) is 14.4 Å². The number of pyridine rings is 1. The van der Waals surface area contributed by atoms with Gasteiger partial charge in [-0.05, 0) is 56.1 Å². The van der Waals surface area contributed by atoms with Gasteiger partial charge in [0.2, 0.25) is 0 Å². The summed E-state index contributed by atoms with van der Waals surface area (Å²) in [7, 11) is 0. The molecular weight excluding hydrogens is 296 g/mol. The number of rotatable bonds is 5. The van der Waals surface area contributed by atoms with E-state index in [0.29, 0.717) is 5.92 Å². The number of hydrogen-bond donors (Lipinski definition) is 2. The highest BCUT2D eigenvalue weighted by molar-refractivity contribution is 5.90. The van der Waals surface area contributed by atoms with Gasteiger partial charge in [-0.15, -0.1) is 0 Å². The molecule has 23 heavy (non-hydrogen) atoms. The molecule has 0 aliphatic heterocycles. The highest BCUT2D eigenvalue weighted by Gasteiger charge is 2.42. The number of amides is 1. The van der Waals surface area contributed by atoms with Gasteiger partial charge in [0, 0.05) is 12.2 Å². The molecule has 2 N–H and O–H groups in total. The van der Waals surface area contributed by atoms with Crippen LogP contribution in [0.3, 0.4) is 0 Å². The van der Waals surface area contributed by atoms with Gasteiger partial charge >= 0.3 is 5.97 Å². The molecule has 4 atom stereocenters. The molecule has 1 aromatic rings. The van der Waals surface area contributed by atoms with Crippen molar-refractivity contribution in [3.63, 3.8) is 0 Å². The molecule has 2 fully saturated rings. The first-order valence-electron chi connectivity index (χ1n) is 8.18. The van der Waals surface area contributed by atoms with E-state index in [1.165, 1.54) is 44.0 Å². The summed E-state index contributed by atoms with van der Waals surface area (Å²) in [5.74, 6) is 0.980. The summed E-state index contributed by atoms with van der Waals surface area (Å²) in [5.41, 5.74) is -0.616. The predicted molar refractivity (Wildman–Crippen MR) is 83.9 cm³/mol. The minimum absolute atomic E-state index is 0.0941. The van der Waals surface area contributed by atoms with Gasteiger partial charge in [0.05, 0.1) is 0 Å². The van der Waals surface area contributed by atoms with Crippen LogP contribution < -0.4 is 10.9 Å². The van der Waals surface area contributed by atoms with Gasteiger partial charge in [0.25, 0.3) is 11.5 Å². The second-order valence-electron chi connectivity index (χ2n) is 6.68. The summed E-state index contributed by atoms with van der Waals surface area (Å²) < 4.78 is 4.93. The van der Waals surface area contributed by atoms with E-state index in [1.807, 2.05) is 6.92 Å². The Hall–Kier alpha value is -2.11. The molecule has 1 aromatic heterocycles. The van der Waals surface area contributed by atoms with Crippen LogP contribution in [0.25, 0.3) is 0 Å². The number of esters is 1. The smallest absolute Gasteiger partial charge is 0.344 e. The second kappa shape index (κ2) is 6.56. The number of nitrogens with one attached hydrogen (secondary N) is 2. The van der Waals surface area contributed by atoms with Crippen molar-refractivity contribution in [2.45, 2.75) is 38.6 Å². The minimum Gasteiger partial charge on any atom is -0.452 e. The van der Waals surface area contributed by atoms with Crippen LogP contribution in [0, 0.1) is 17.8 Å². The highest BCUT2D eigenvalue weighted by atomic mass is 16.5. The summed E-state index contributed by atoms with van der Waals surface area (Å²) in [5, 5.41) is 2.93. The largest absolute Gasteiger partial charge is 0.452 e. The Morgan fingerprint density at radius 1 is 1.39 bits per heavy atom. The number of carbonyl (C=O) groups is 2. The van der Waals surface area contributed by atoms with Crippen LogP contribution in [-0.2, 0) is 9.53 Å². The Labute approximate surface area is 134 Å². The highest BCUT2D eigenvalue weighted by Crippen LogP contribution is 2.49. The van der Waals surface area contributed by atoms with Crippen LogP contribution in [0.2, 0.25) is 0 Å². The number of aromatic amines is 1. The van der Waals surface area contributed by atoms with Crippen molar-refractivity contribution in [2.24, 2.45) is 17.8 Å². The molecule has 1 amide bonds. The van der Waals surface area contributed by atoms with E-state index in [-0.39, 0.29) is 24.1 Å². The maximum absolute atomic E-state index is 12.0. The van der Waals surface area contributed by atoms with Crippen LogP contribution in [0.4, 0.5) is 0 Å². The lowest BCUT2D eigenvalue weighted by atomic mass is 9.84. The van der Waals surface area contributed by atoms with Crippen molar-refractivity contribution < 1.29 is 14.3 Å². The van der Waals surface area contributed by atoms with Crippen LogP contribution in [0.15, 0.2) is 23.1 Å². The van der Waals surface area contributed by atoms with Crippen molar-refractivity contribution in [2.75, 3.05) is 6.61 Å². The summed E-state index contributed by atoms with van der Waals surface area (Å²) in [6.07, 6.45) is 6.50. The fourth-order valence-corrected chi connectivity index (χ4v) is 4.10. The zero-order chi connectivity index (χ0) is 16.4. The SMILES string of the molecule is C[C@H](NC(=O)COC(=O)c1ccc[nH]c1=O)[C@@H]1C[C@H]2CC[C@H]1C2. The summed E-state index contributed by atoms with van der Waals surface area (Å²) in [6.45, 7) is 1.66. The molecule has 0 radical (unpaired) electrons. The molecule has 0 spiro atoms. The molecular formula is C17H22N2O4. The molecule has 2 aliphatic carbocycles. The average Bonchev–Trinajstić information content (AvgIpc) is 3.16. The van der Waals surface area contributed by atoms with Gasteiger partial charge in [-0.1, -0.05) is 6.42 Å². The van der Waals surface area contributed by atoms with Crippen LogP contribution in [-0.4, -0.2) is 29.5 Å². The topological polar surface area (TPSA) is 88.3 Å². The zero-order valence-electron chi connectivity index (χ0n) is 13.2.